The first kappa shape index (κ1) is 15.3. The smallest absolute Gasteiger partial charge is 0.304 e. The second kappa shape index (κ2) is 5.77. The Bertz CT molecular complexity index is 913. The van der Waals surface area contributed by atoms with Crippen molar-refractivity contribution in [1.82, 2.24) is 4.73 Å². The normalized spacial score (nSPS) is 23.6. The van der Waals surface area contributed by atoms with Crippen molar-refractivity contribution < 1.29 is 9.94 Å². The SMILES string of the molecule is [O-][n+]1c(-c2ccccc2)c(-c2ccccc2)n(O)c1[C@H]1C[C@H]2C=C[C@H]1C2. The van der Waals surface area contributed by atoms with E-state index in [0.717, 1.165) is 33.4 Å². The van der Waals surface area contributed by atoms with E-state index in [2.05, 4.69) is 12.2 Å². The fraction of sp³-hybridized carbons (Fsp3) is 0.227. The van der Waals surface area contributed by atoms with E-state index < -0.39 is 0 Å². The van der Waals surface area contributed by atoms with Crippen LogP contribution >= 0.6 is 0 Å². The summed E-state index contributed by atoms with van der Waals surface area (Å²) in [5, 5.41) is 24.4. The molecule has 1 heterocycles. The summed E-state index contributed by atoms with van der Waals surface area (Å²) in [6.45, 7) is 0. The van der Waals surface area contributed by atoms with E-state index in [1.807, 2.05) is 60.7 Å². The molecule has 1 aromatic heterocycles. The van der Waals surface area contributed by atoms with Crippen LogP contribution in [0, 0.1) is 17.0 Å². The van der Waals surface area contributed by atoms with Crippen LogP contribution in [-0.2, 0) is 0 Å². The zero-order valence-electron chi connectivity index (χ0n) is 14.3. The van der Waals surface area contributed by atoms with Gasteiger partial charge >= 0.3 is 5.82 Å². The van der Waals surface area contributed by atoms with Crippen molar-refractivity contribution in [2.24, 2.45) is 11.8 Å². The van der Waals surface area contributed by atoms with Crippen LogP contribution in [-0.4, -0.2) is 9.94 Å². The van der Waals surface area contributed by atoms with Gasteiger partial charge < -0.3 is 10.4 Å². The summed E-state index contributed by atoms with van der Waals surface area (Å²) in [4.78, 5) is 0. The van der Waals surface area contributed by atoms with E-state index in [0.29, 0.717) is 29.0 Å². The maximum absolute atomic E-state index is 13.4. The third-order valence-corrected chi connectivity index (χ3v) is 5.77. The van der Waals surface area contributed by atoms with Crippen LogP contribution in [0.3, 0.4) is 0 Å². The van der Waals surface area contributed by atoms with Crippen LogP contribution in [0.25, 0.3) is 22.5 Å². The predicted octanol–water partition coefficient (Wildman–Crippen LogP) is 4.37. The summed E-state index contributed by atoms with van der Waals surface area (Å²) in [7, 11) is 0. The second-order valence-electron chi connectivity index (χ2n) is 7.28. The number of fused-ring (bicyclic) bond motifs is 2. The van der Waals surface area contributed by atoms with Crippen molar-refractivity contribution >= 4 is 0 Å². The van der Waals surface area contributed by atoms with E-state index >= 15 is 0 Å². The number of rotatable bonds is 3. The molecule has 2 aliphatic carbocycles. The zero-order valence-corrected chi connectivity index (χ0v) is 14.3. The molecule has 26 heavy (non-hydrogen) atoms. The Kier molecular flexibility index (Phi) is 3.38. The molecule has 4 nitrogen and oxygen atoms in total. The lowest BCUT2D eigenvalue weighted by atomic mass is 9.93. The van der Waals surface area contributed by atoms with Crippen LogP contribution in [0.1, 0.15) is 24.6 Å². The van der Waals surface area contributed by atoms with Crippen LogP contribution in [0.2, 0.25) is 0 Å². The molecule has 3 atom stereocenters. The molecule has 130 valence electrons. The second-order valence-corrected chi connectivity index (χ2v) is 7.28. The first-order valence-corrected chi connectivity index (χ1v) is 9.10. The molecule has 1 N–H and O–H groups in total. The van der Waals surface area contributed by atoms with Crippen molar-refractivity contribution in [1.29, 1.82) is 0 Å². The number of benzene rings is 2. The Morgan fingerprint density at radius 3 is 2.12 bits per heavy atom. The minimum absolute atomic E-state index is 0.0624. The Hall–Kier alpha value is -3.01. The van der Waals surface area contributed by atoms with Gasteiger partial charge in [0, 0.05) is 11.1 Å². The zero-order chi connectivity index (χ0) is 17.7. The van der Waals surface area contributed by atoms with Crippen LogP contribution in [0.15, 0.2) is 72.8 Å². The Balaban J connectivity index is 1.75. The third kappa shape index (κ3) is 2.18. The molecule has 0 aliphatic heterocycles. The lowest BCUT2D eigenvalue weighted by molar-refractivity contribution is -0.606. The lowest BCUT2D eigenvalue weighted by Crippen LogP contribution is -2.35. The molecule has 2 aliphatic rings. The van der Waals surface area contributed by atoms with E-state index in [1.54, 1.807) is 0 Å². The van der Waals surface area contributed by atoms with E-state index in [9.17, 15) is 10.4 Å². The van der Waals surface area contributed by atoms with E-state index in [1.165, 1.54) is 0 Å². The molecule has 0 amide bonds. The Labute approximate surface area is 152 Å². The summed E-state index contributed by atoms with van der Waals surface area (Å²) in [5.74, 6) is 1.39. The third-order valence-electron chi connectivity index (χ3n) is 5.77. The van der Waals surface area contributed by atoms with Crippen LogP contribution in [0.5, 0.6) is 0 Å². The lowest BCUT2D eigenvalue weighted by Gasteiger charge is -2.16. The number of hydrogen-bond acceptors (Lipinski definition) is 2. The largest absolute Gasteiger partial charge is 0.710 e. The molecule has 0 unspecified atom stereocenters. The van der Waals surface area contributed by atoms with Crippen LogP contribution < -0.4 is 4.73 Å². The average Bonchev–Trinajstić information content (AvgIpc) is 3.36. The van der Waals surface area contributed by atoms with Crippen molar-refractivity contribution in [3.05, 3.63) is 83.8 Å². The molecule has 1 saturated carbocycles. The quantitative estimate of drug-likeness (QED) is 0.332. The number of nitrogens with zero attached hydrogens (tertiary/aromatic N) is 2. The molecule has 0 radical (unpaired) electrons. The number of hydrogen-bond donors (Lipinski definition) is 1. The standard InChI is InChI=1S/C22H20N2O2/c25-23-20(16-7-3-1-4-8-16)21(17-9-5-2-6-10-17)24(26)22(23)19-14-15-11-12-18(19)13-15/h1-12,15,18-19,25H,13-14H2/t15-,18-,19-/m0/s1. The first-order chi connectivity index (χ1) is 12.7. The van der Waals surface area contributed by atoms with Gasteiger partial charge in [-0.25, -0.2) is 4.73 Å². The van der Waals surface area contributed by atoms with Gasteiger partial charge in [0.2, 0.25) is 5.69 Å². The van der Waals surface area contributed by atoms with Crippen molar-refractivity contribution in [3.63, 3.8) is 0 Å². The van der Waals surface area contributed by atoms with Gasteiger partial charge in [-0.05, 0) is 29.4 Å². The highest BCUT2D eigenvalue weighted by molar-refractivity contribution is 5.76. The molecular formula is C22H20N2O2. The Morgan fingerprint density at radius 2 is 1.54 bits per heavy atom. The summed E-state index contributed by atoms with van der Waals surface area (Å²) in [6.07, 6.45) is 6.46. The average molecular weight is 344 g/mol. The first-order valence-electron chi connectivity index (χ1n) is 9.10. The molecule has 0 spiro atoms. The van der Waals surface area contributed by atoms with Gasteiger partial charge in [-0.2, -0.15) is 0 Å². The summed E-state index contributed by atoms with van der Waals surface area (Å²) < 4.78 is 2.10. The predicted molar refractivity (Wildman–Crippen MR) is 99.5 cm³/mol. The van der Waals surface area contributed by atoms with Crippen molar-refractivity contribution in [3.8, 4) is 22.5 Å². The fourth-order valence-corrected chi connectivity index (χ4v) is 4.60. The minimum Gasteiger partial charge on any atom is -0.710 e. The number of aromatic nitrogens is 2. The molecule has 2 bridgehead atoms. The maximum atomic E-state index is 13.4. The van der Waals surface area contributed by atoms with Crippen LogP contribution in [0.4, 0.5) is 0 Å². The van der Waals surface area contributed by atoms with E-state index in [-0.39, 0.29) is 5.92 Å². The molecule has 4 heteroatoms. The van der Waals surface area contributed by atoms with Gasteiger partial charge in [0.05, 0.1) is 5.92 Å². The van der Waals surface area contributed by atoms with Gasteiger partial charge in [0.15, 0.2) is 5.69 Å². The molecule has 3 aromatic rings. The minimum atomic E-state index is 0.0624. The molecule has 2 aromatic carbocycles. The summed E-state index contributed by atoms with van der Waals surface area (Å²) >= 11 is 0. The van der Waals surface area contributed by atoms with Gasteiger partial charge in [0.25, 0.3) is 0 Å². The fourth-order valence-electron chi connectivity index (χ4n) is 4.60. The highest BCUT2D eigenvalue weighted by Gasteiger charge is 2.45. The molecule has 5 rings (SSSR count). The highest BCUT2D eigenvalue weighted by atomic mass is 16.5. The maximum Gasteiger partial charge on any atom is 0.304 e. The monoisotopic (exact) mass is 344 g/mol. The van der Waals surface area contributed by atoms with Gasteiger partial charge in [-0.15, -0.1) is 0 Å². The topological polar surface area (TPSA) is 52.1 Å². The number of imidazole rings is 1. The van der Waals surface area contributed by atoms with Gasteiger partial charge in [-0.1, -0.05) is 72.8 Å². The highest BCUT2D eigenvalue weighted by Crippen LogP contribution is 2.49. The van der Waals surface area contributed by atoms with Gasteiger partial charge in [-0.3, -0.25) is 0 Å². The number of allylic oxidation sites excluding steroid dienone is 2. The van der Waals surface area contributed by atoms with Crippen molar-refractivity contribution in [2.75, 3.05) is 0 Å². The van der Waals surface area contributed by atoms with Gasteiger partial charge in [0.1, 0.15) is 0 Å². The summed E-state index contributed by atoms with van der Waals surface area (Å²) in [6, 6.07) is 19.2. The summed E-state index contributed by atoms with van der Waals surface area (Å²) in [5.41, 5.74) is 2.73. The molecule has 1 fully saturated rings. The van der Waals surface area contributed by atoms with E-state index in [4.69, 9.17) is 0 Å². The molecule has 0 saturated heterocycles. The Morgan fingerprint density at radius 1 is 0.885 bits per heavy atom. The molecular weight excluding hydrogens is 324 g/mol. The van der Waals surface area contributed by atoms with Crippen molar-refractivity contribution in [2.45, 2.75) is 18.8 Å².